The number of hydrogen-bond donors (Lipinski definition) is 5. The Morgan fingerprint density at radius 2 is 1.93 bits per heavy atom. The molecule has 0 unspecified atom stereocenters. The van der Waals surface area contributed by atoms with Gasteiger partial charge >= 0.3 is 6.18 Å². The van der Waals surface area contributed by atoms with Gasteiger partial charge in [-0.3, -0.25) is 0 Å². The Balaban J connectivity index is 1.43. The normalized spacial score (nSPS) is 14.8. The topological polar surface area (TPSA) is 163 Å². The molecule has 45 heavy (non-hydrogen) atoms. The standard InChI is InChI=1S/C28H32F3N7O5S2/c1-43-15-14-32-18-20-9-10-24(17-25(20)28(29,30)31)45(41,42)35-12-3-2-6-21-19-34-27-37-22-7-4-8-23(16-22)44(39,40)36-13-5-11-33-26(21)38-27/h4,7-10,16-17,19,32,35-36H,3,5,11-15,18H2,1H3,(H2,33,34,37,38). The first-order valence-electron chi connectivity index (χ1n) is 13.7. The molecule has 0 aliphatic carbocycles. The predicted octanol–water partition coefficient (Wildman–Crippen LogP) is 2.79. The van der Waals surface area contributed by atoms with Gasteiger partial charge in [-0.2, -0.15) is 18.2 Å². The number of nitrogens with one attached hydrogen (secondary N) is 5. The summed E-state index contributed by atoms with van der Waals surface area (Å²) in [6, 6.07) is 9.10. The van der Waals surface area contributed by atoms with Gasteiger partial charge in [0.15, 0.2) is 0 Å². The number of anilines is 3. The fraction of sp³-hybridized carbons (Fsp3) is 0.357. The van der Waals surface area contributed by atoms with E-state index < -0.39 is 36.7 Å². The molecule has 1 aliphatic heterocycles. The van der Waals surface area contributed by atoms with Gasteiger partial charge in [-0.15, -0.1) is 0 Å². The number of sulfonamides is 2. The van der Waals surface area contributed by atoms with Gasteiger partial charge in [-0.1, -0.05) is 24.0 Å². The number of hydrogen-bond acceptors (Lipinski definition) is 10. The van der Waals surface area contributed by atoms with Gasteiger partial charge in [0.05, 0.1) is 33.7 Å². The minimum atomic E-state index is -4.75. The molecule has 0 amide bonds. The van der Waals surface area contributed by atoms with Crippen LogP contribution >= 0.6 is 0 Å². The van der Waals surface area contributed by atoms with Crippen LogP contribution in [0.2, 0.25) is 0 Å². The van der Waals surface area contributed by atoms with Crippen molar-refractivity contribution in [2.24, 2.45) is 0 Å². The smallest absolute Gasteiger partial charge is 0.383 e. The molecule has 0 fully saturated rings. The maximum absolute atomic E-state index is 13.7. The lowest BCUT2D eigenvalue weighted by Crippen LogP contribution is -2.26. The highest BCUT2D eigenvalue weighted by Gasteiger charge is 2.34. The molecule has 12 nitrogen and oxygen atoms in total. The molecule has 0 saturated carbocycles. The van der Waals surface area contributed by atoms with Crippen molar-refractivity contribution in [2.45, 2.75) is 35.4 Å². The average molecular weight is 668 g/mol. The van der Waals surface area contributed by atoms with Crippen molar-refractivity contribution in [1.29, 1.82) is 0 Å². The number of nitrogens with zero attached hydrogens (tertiary/aromatic N) is 2. The molecule has 242 valence electrons. The van der Waals surface area contributed by atoms with Crippen LogP contribution in [0.3, 0.4) is 0 Å². The van der Waals surface area contributed by atoms with Crippen LogP contribution in [-0.4, -0.2) is 66.7 Å². The molecular weight excluding hydrogens is 635 g/mol. The van der Waals surface area contributed by atoms with E-state index in [2.05, 4.69) is 47.2 Å². The quantitative estimate of drug-likeness (QED) is 0.169. The van der Waals surface area contributed by atoms with Crippen LogP contribution in [0.15, 0.2) is 58.5 Å². The van der Waals surface area contributed by atoms with Gasteiger partial charge in [0.1, 0.15) is 5.82 Å². The van der Waals surface area contributed by atoms with Crippen molar-refractivity contribution in [3.8, 4) is 11.8 Å². The van der Waals surface area contributed by atoms with Crippen molar-refractivity contribution in [3.05, 3.63) is 65.4 Å². The van der Waals surface area contributed by atoms with Gasteiger partial charge in [0.25, 0.3) is 0 Å². The Hall–Kier alpha value is -3.79. The van der Waals surface area contributed by atoms with Gasteiger partial charge in [0.2, 0.25) is 26.0 Å². The van der Waals surface area contributed by atoms with E-state index in [1.165, 1.54) is 25.4 Å². The van der Waals surface area contributed by atoms with Crippen molar-refractivity contribution in [3.63, 3.8) is 0 Å². The number of aromatic nitrogens is 2. The van der Waals surface area contributed by atoms with E-state index in [9.17, 15) is 30.0 Å². The Morgan fingerprint density at radius 1 is 1.11 bits per heavy atom. The Labute approximate surface area is 259 Å². The fourth-order valence-corrected chi connectivity index (χ4v) is 6.33. The molecule has 2 aromatic carbocycles. The minimum absolute atomic E-state index is 0.0425. The molecule has 0 spiro atoms. The SMILES string of the molecule is COCCNCc1ccc(S(=O)(=O)NCCC#Cc2cnc3nc2NCCCNS(=O)(=O)c2cccc(c2)N3)cc1C(F)(F)F. The zero-order valence-corrected chi connectivity index (χ0v) is 25.8. The van der Waals surface area contributed by atoms with Gasteiger partial charge in [-0.05, 0) is 42.3 Å². The minimum Gasteiger partial charge on any atom is -0.383 e. The number of benzene rings is 2. The summed E-state index contributed by atoms with van der Waals surface area (Å²) in [5, 5.41) is 8.91. The monoisotopic (exact) mass is 667 g/mol. The van der Waals surface area contributed by atoms with E-state index in [1.807, 2.05) is 0 Å². The van der Waals surface area contributed by atoms with Crippen LogP contribution < -0.4 is 25.4 Å². The van der Waals surface area contributed by atoms with E-state index in [0.717, 1.165) is 12.1 Å². The lowest BCUT2D eigenvalue weighted by atomic mass is 10.1. The van der Waals surface area contributed by atoms with Crippen molar-refractivity contribution in [2.75, 3.05) is 50.5 Å². The second kappa shape index (κ2) is 15.0. The average Bonchev–Trinajstić information content (AvgIpc) is 2.99. The van der Waals surface area contributed by atoms with Crippen molar-refractivity contribution < 1.29 is 34.7 Å². The third-order valence-corrected chi connectivity index (χ3v) is 9.31. The molecular formula is C28H32F3N7O5S2. The lowest BCUT2D eigenvalue weighted by molar-refractivity contribution is -0.138. The third kappa shape index (κ3) is 9.60. The number of methoxy groups -OCH3 is 1. The zero-order chi connectivity index (χ0) is 32.5. The maximum Gasteiger partial charge on any atom is 0.416 e. The summed E-state index contributed by atoms with van der Waals surface area (Å²) in [7, 11) is -6.47. The lowest BCUT2D eigenvalue weighted by Gasteiger charge is -2.15. The molecule has 2 heterocycles. The summed E-state index contributed by atoms with van der Waals surface area (Å²) in [4.78, 5) is 8.28. The summed E-state index contributed by atoms with van der Waals surface area (Å²) in [5.74, 6) is 6.30. The second-order valence-electron chi connectivity index (χ2n) is 9.72. The molecule has 1 aromatic heterocycles. The molecule has 5 N–H and O–H groups in total. The first kappa shape index (κ1) is 34.1. The number of alkyl halides is 3. The summed E-state index contributed by atoms with van der Waals surface area (Å²) < 4.78 is 101. The summed E-state index contributed by atoms with van der Waals surface area (Å²) in [6.45, 7) is 0.938. The highest BCUT2D eigenvalue weighted by atomic mass is 32.2. The number of rotatable bonds is 9. The molecule has 3 aromatic rings. The molecule has 1 aliphatic rings. The maximum atomic E-state index is 13.7. The van der Waals surface area contributed by atoms with E-state index in [4.69, 9.17) is 4.74 Å². The molecule has 0 saturated heterocycles. The van der Waals surface area contributed by atoms with E-state index in [-0.39, 0.29) is 42.5 Å². The van der Waals surface area contributed by atoms with Crippen LogP contribution in [0.1, 0.15) is 29.5 Å². The van der Waals surface area contributed by atoms with E-state index >= 15 is 0 Å². The zero-order valence-electron chi connectivity index (χ0n) is 24.2. The van der Waals surface area contributed by atoms with E-state index in [1.54, 1.807) is 12.1 Å². The molecule has 0 atom stereocenters. The van der Waals surface area contributed by atoms with Crippen LogP contribution in [0.4, 0.5) is 30.6 Å². The Kier molecular flexibility index (Phi) is 11.4. The van der Waals surface area contributed by atoms with Gasteiger partial charge in [0, 0.05) is 51.9 Å². The van der Waals surface area contributed by atoms with Gasteiger partial charge in [-0.25, -0.2) is 31.3 Å². The third-order valence-electron chi connectivity index (χ3n) is 6.39. The van der Waals surface area contributed by atoms with Crippen LogP contribution in [0.25, 0.3) is 0 Å². The highest BCUT2D eigenvalue weighted by Crippen LogP contribution is 2.33. The molecule has 17 heteroatoms. The summed E-state index contributed by atoms with van der Waals surface area (Å²) in [5.41, 5.74) is -0.249. The largest absolute Gasteiger partial charge is 0.416 e. The predicted molar refractivity (Wildman–Crippen MR) is 162 cm³/mol. The first-order chi connectivity index (χ1) is 21.4. The molecule has 4 bridgehead atoms. The van der Waals surface area contributed by atoms with Crippen LogP contribution in [0, 0.1) is 11.8 Å². The van der Waals surface area contributed by atoms with E-state index in [0.29, 0.717) is 49.3 Å². The second-order valence-corrected chi connectivity index (χ2v) is 13.3. The fourth-order valence-electron chi connectivity index (χ4n) is 4.15. The summed E-state index contributed by atoms with van der Waals surface area (Å²) >= 11 is 0. The van der Waals surface area contributed by atoms with Crippen LogP contribution in [0.5, 0.6) is 0 Å². The Morgan fingerprint density at radius 3 is 2.71 bits per heavy atom. The number of ether oxygens (including phenoxy) is 1. The molecule has 4 rings (SSSR count). The first-order valence-corrected chi connectivity index (χ1v) is 16.7. The van der Waals surface area contributed by atoms with Crippen LogP contribution in [-0.2, 0) is 37.5 Å². The number of halogens is 3. The molecule has 0 radical (unpaired) electrons. The highest BCUT2D eigenvalue weighted by molar-refractivity contribution is 7.89. The summed E-state index contributed by atoms with van der Waals surface area (Å²) in [6.07, 6.45) is -2.79. The van der Waals surface area contributed by atoms with Gasteiger partial charge < -0.3 is 20.7 Å². The van der Waals surface area contributed by atoms with Crippen molar-refractivity contribution in [1.82, 2.24) is 24.7 Å². The van der Waals surface area contributed by atoms with Crippen molar-refractivity contribution >= 4 is 37.5 Å². The Bertz CT molecular complexity index is 1780. The number of fused-ring (bicyclic) bond motifs is 4.